The summed E-state index contributed by atoms with van der Waals surface area (Å²) in [6.07, 6.45) is 1.73. The molecule has 22 heavy (non-hydrogen) atoms. The quantitative estimate of drug-likeness (QED) is 0.773. The summed E-state index contributed by atoms with van der Waals surface area (Å²) in [5, 5.41) is 11.1. The fourth-order valence-electron chi connectivity index (χ4n) is 2.27. The van der Waals surface area contributed by atoms with Crippen LogP contribution in [0.3, 0.4) is 0 Å². The highest BCUT2D eigenvalue weighted by Gasteiger charge is 2.13. The number of H-pyrrole nitrogens is 1. The van der Waals surface area contributed by atoms with Crippen molar-refractivity contribution in [2.45, 2.75) is 6.92 Å². The monoisotopic (exact) mass is 315 g/mol. The number of benzene rings is 2. The topological polar surface area (TPSA) is 67.0 Å². The van der Waals surface area contributed by atoms with Gasteiger partial charge in [-0.25, -0.2) is 0 Å². The Morgan fingerprint density at radius 1 is 1.32 bits per heavy atom. The molecule has 0 bridgehead atoms. The predicted octanol–water partition coefficient (Wildman–Crippen LogP) is 3.79. The molecule has 0 saturated heterocycles. The van der Waals surface area contributed by atoms with E-state index in [1.807, 2.05) is 25.1 Å². The smallest absolute Gasteiger partial charge is 0.255 e. The number of nitrogens with zero attached hydrogens (tertiary/aromatic N) is 1. The summed E-state index contributed by atoms with van der Waals surface area (Å²) >= 11 is 6.09. The van der Waals surface area contributed by atoms with E-state index < -0.39 is 0 Å². The van der Waals surface area contributed by atoms with E-state index in [-0.39, 0.29) is 5.91 Å². The highest BCUT2D eigenvalue weighted by Crippen LogP contribution is 2.28. The molecular formula is C16H14ClN3O2. The molecule has 0 aliphatic carbocycles. The molecule has 0 unspecified atom stereocenters. The maximum Gasteiger partial charge on any atom is 0.255 e. The third kappa shape index (κ3) is 2.63. The summed E-state index contributed by atoms with van der Waals surface area (Å²) in [7, 11) is 1.54. The fourth-order valence-corrected chi connectivity index (χ4v) is 2.51. The molecule has 0 aliphatic rings. The minimum atomic E-state index is -0.221. The lowest BCUT2D eigenvalue weighted by atomic mass is 10.1. The van der Waals surface area contributed by atoms with Gasteiger partial charge in [0.05, 0.1) is 23.8 Å². The molecule has 1 heterocycles. The molecule has 112 valence electrons. The van der Waals surface area contributed by atoms with Crippen LogP contribution < -0.4 is 10.1 Å². The van der Waals surface area contributed by atoms with E-state index in [1.165, 1.54) is 0 Å². The first-order valence-electron chi connectivity index (χ1n) is 6.67. The Balaban J connectivity index is 1.89. The van der Waals surface area contributed by atoms with Crippen LogP contribution in [-0.2, 0) is 0 Å². The number of carbonyl (C=O) groups excluding carboxylic acids is 1. The van der Waals surface area contributed by atoms with Crippen LogP contribution in [0.2, 0.25) is 5.02 Å². The molecule has 1 aromatic heterocycles. The molecule has 3 aromatic rings. The van der Waals surface area contributed by atoms with Crippen LogP contribution in [0.15, 0.2) is 36.5 Å². The number of aryl methyl sites for hydroxylation is 1. The number of hydrogen-bond acceptors (Lipinski definition) is 3. The van der Waals surface area contributed by atoms with Gasteiger partial charge in [-0.05, 0) is 42.8 Å². The maximum absolute atomic E-state index is 12.4. The zero-order valence-corrected chi connectivity index (χ0v) is 12.9. The second-order valence-electron chi connectivity index (χ2n) is 4.93. The Bertz CT molecular complexity index is 858. The largest absolute Gasteiger partial charge is 0.495 e. The zero-order chi connectivity index (χ0) is 15.7. The number of rotatable bonds is 3. The van der Waals surface area contributed by atoms with Crippen molar-refractivity contribution in [3.8, 4) is 5.75 Å². The van der Waals surface area contributed by atoms with Crippen molar-refractivity contribution in [3.05, 3.63) is 52.7 Å². The molecule has 0 radical (unpaired) electrons. The van der Waals surface area contributed by atoms with Crippen LogP contribution in [0.25, 0.3) is 10.9 Å². The van der Waals surface area contributed by atoms with E-state index in [0.717, 1.165) is 16.5 Å². The number of fused-ring (bicyclic) bond motifs is 1. The van der Waals surface area contributed by atoms with Gasteiger partial charge in [-0.3, -0.25) is 9.89 Å². The molecule has 1 amide bonds. The molecule has 0 spiro atoms. The van der Waals surface area contributed by atoms with Crippen molar-refractivity contribution in [3.63, 3.8) is 0 Å². The van der Waals surface area contributed by atoms with E-state index in [9.17, 15) is 4.79 Å². The molecule has 0 aliphatic heterocycles. The fraction of sp³-hybridized carbons (Fsp3) is 0.125. The number of anilines is 1. The normalized spacial score (nSPS) is 10.7. The zero-order valence-electron chi connectivity index (χ0n) is 12.1. The molecule has 6 heteroatoms. The Morgan fingerprint density at radius 3 is 2.91 bits per heavy atom. The molecular weight excluding hydrogens is 302 g/mol. The molecule has 2 aromatic carbocycles. The van der Waals surface area contributed by atoms with Gasteiger partial charge in [-0.15, -0.1) is 0 Å². The van der Waals surface area contributed by atoms with E-state index in [0.29, 0.717) is 22.0 Å². The standard InChI is InChI=1S/C16H14ClN3O2/c1-9-5-15(22-2)13(17)7-12(9)16(21)19-11-4-3-10-8-18-20-14(10)6-11/h3-8H,1-2H3,(H,18,20)(H,19,21). The number of halogens is 1. The lowest BCUT2D eigenvalue weighted by Crippen LogP contribution is -2.13. The number of carbonyl (C=O) groups is 1. The second kappa shape index (κ2) is 5.69. The summed E-state index contributed by atoms with van der Waals surface area (Å²) in [6, 6.07) is 8.91. The SMILES string of the molecule is COc1cc(C)c(C(=O)Nc2ccc3cn[nH]c3c2)cc1Cl. The van der Waals surface area contributed by atoms with Gasteiger partial charge in [0.1, 0.15) is 5.75 Å². The predicted molar refractivity (Wildman–Crippen MR) is 86.8 cm³/mol. The van der Waals surface area contributed by atoms with Crippen molar-refractivity contribution in [2.24, 2.45) is 0 Å². The summed E-state index contributed by atoms with van der Waals surface area (Å²) in [4.78, 5) is 12.4. The van der Waals surface area contributed by atoms with E-state index in [4.69, 9.17) is 16.3 Å². The van der Waals surface area contributed by atoms with E-state index in [2.05, 4.69) is 15.5 Å². The summed E-state index contributed by atoms with van der Waals surface area (Å²) < 4.78 is 5.14. The molecule has 0 fully saturated rings. The summed E-state index contributed by atoms with van der Waals surface area (Å²) in [6.45, 7) is 1.84. The first-order chi connectivity index (χ1) is 10.6. The molecule has 0 atom stereocenters. The molecule has 2 N–H and O–H groups in total. The van der Waals surface area contributed by atoms with Crippen molar-refractivity contribution in [2.75, 3.05) is 12.4 Å². The molecule has 5 nitrogen and oxygen atoms in total. The van der Waals surface area contributed by atoms with Gasteiger partial charge in [0.2, 0.25) is 0 Å². The van der Waals surface area contributed by atoms with Gasteiger partial charge in [-0.2, -0.15) is 5.10 Å². The van der Waals surface area contributed by atoms with Gasteiger partial charge in [0.25, 0.3) is 5.91 Å². The Kier molecular flexibility index (Phi) is 3.73. The first-order valence-corrected chi connectivity index (χ1v) is 7.05. The highest BCUT2D eigenvalue weighted by atomic mass is 35.5. The minimum Gasteiger partial charge on any atom is -0.495 e. The van der Waals surface area contributed by atoms with Gasteiger partial charge in [0.15, 0.2) is 0 Å². The van der Waals surface area contributed by atoms with E-state index >= 15 is 0 Å². The Morgan fingerprint density at radius 2 is 2.14 bits per heavy atom. The number of hydrogen-bond donors (Lipinski definition) is 2. The van der Waals surface area contributed by atoms with Crippen molar-refractivity contribution >= 4 is 34.1 Å². The average molecular weight is 316 g/mol. The number of aromatic amines is 1. The van der Waals surface area contributed by atoms with Gasteiger partial charge < -0.3 is 10.1 Å². The molecule has 3 rings (SSSR count). The highest BCUT2D eigenvalue weighted by molar-refractivity contribution is 6.32. The Labute approximate surface area is 132 Å². The Hall–Kier alpha value is -2.53. The van der Waals surface area contributed by atoms with Crippen LogP contribution in [0, 0.1) is 6.92 Å². The maximum atomic E-state index is 12.4. The van der Waals surface area contributed by atoms with Crippen LogP contribution in [-0.4, -0.2) is 23.2 Å². The number of aromatic nitrogens is 2. The number of ether oxygens (including phenoxy) is 1. The van der Waals surface area contributed by atoms with E-state index in [1.54, 1.807) is 25.4 Å². The van der Waals surface area contributed by atoms with Gasteiger partial charge >= 0.3 is 0 Å². The third-order valence-corrected chi connectivity index (χ3v) is 3.74. The van der Waals surface area contributed by atoms with Crippen LogP contribution in [0.5, 0.6) is 5.75 Å². The van der Waals surface area contributed by atoms with Gasteiger partial charge in [-0.1, -0.05) is 11.6 Å². The number of nitrogens with one attached hydrogen (secondary N) is 2. The lowest BCUT2D eigenvalue weighted by Gasteiger charge is -2.11. The number of methoxy groups -OCH3 is 1. The van der Waals surface area contributed by atoms with Crippen molar-refractivity contribution in [1.29, 1.82) is 0 Å². The summed E-state index contributed by atoms with van der Waals surface area (Å²) in [5.41, 5.74) is 2.85. The van der Waals surface area contributed by atoms with Crippen molar-refractivity contribution in [1.82, 2.24) is 10.2 Å². The average Bonchev–Trinajstić information content (AvgIpc) is 2.96. The van der Waals surface area contributed by atoms with Crippen LogP contribution in [0.1, 0.15) is 15.9 Å². The number of amides is 1. The van der Waals surface area contributed by atoms with Crippen LogP contribution in [0.4, 0.5) is 5.69 Å². The van der Waals surface area contributed by atoms with Crippen LogP contribution >= 0.6 is 11.6 Å². The first kappa shape index (κ1) is 14.4. The second-order valence-corrected chi connectivity index (χ2v) is 5.34. The minimum absolute atomic E-state index is 0.221. The third-order valence-electron chi connectivity index (χ3n) is 3.44. The van der Waals surface area contributed by atoms with Crippen molar-refractivity contribution < 1.29 is 9.53 Å². The lowest BCUT2D eigenvalue weighted by molar-refractivity contribution is 0.102. The van der Waals surface area contributed by atoms with Gasteiger partial charge in [0, 0.05) is 16.6 Å². The molecule has 0 saturated carbocycles. The summed E-state index contributed by atoms with van der Waals surface area (Å²) in [5.74, 6) is 0.329.